The quantitative estimate of drug-likeness (QED) is 0.521. The number of hydrogen-bond donors (Lipinski definition) is 1. The highest BCUT2D eigenvalue weighted by Crippen LogP contribution is 2.16. The molecule has 2 rings (SSSR count). The summed E-state index contributed by atoms with van der Waals surface area (Å²) in [5, 5.41) is 16.2. The van der Waals surface area contributed by atoms with Gasteiger partial charge < -0.3 is 5.32 Å². The van der Waals surface area contributed by atoms with Gasteiger partial charge in [0.25, 0.3) is 5.69 Å². The van der Waals surface area contributed by atoms with Crippen molar-refractivity contribution in [3.63, 3.8) is 0 Å². The van der Waals surface area contributed by atoms with Gasteiger partial charge in [-0.05, 0) is 37.6 Å². The summed E-state index contributed by atoms with van der Waals surface area (Å²) in [6.45, 7) is 3.78. The van der Waals surface area contributed by atoms with Crippen molar-refractivity contribution in [1.82, 2.24) is 10.3 Å². The maximum absolute atomic E-state index is 11.9. The molecule has 1 aromatic heterocycles. The van der Waals surface area contributed by atoms with E-state index < -0.39 is 4.92 Å². The second kappa shape index (κ2) is 6.95. The molecule has 1 unspecified atom stereocenters. The van der Waals surface area contributed by atoms with Crippen LogP contribution in [0.15, 0.2) is 35.7 Å². The van der Waals surface area contributed by atoms with Crippen molar-refractivity contribution in [2.75, 3.05) is 0 Å². The number of thiazole rings is 1. The smallest absolute Gasteiger partial charge is 0.269 e. The minimum atomic E-state index is -0.461. The number of amides is 1. The van der Waals surface area contributed by atoms with Crippen molar-refractivity contribution in [3.8, 4) is 0 Å². The van der Waals surface area contributed by atoms with Crippen LogP contribution in [0.1, 0.15) is 29.2 Å². The summed E-state index contributed by atoms with van der Waals surface area (Å²) in [4.78, 5) is 26.3. The van der Waals surface area contributed by atoms with E-state index in [1.165, 1.54) is 29.5 Å². The van der Waals surface area contributed by atoms with Crippen molar-refractivity contribution < 1.29 is 9.72 Å². The molecule has 0 aliphatic carbocycles. The van der Waals surface area contributed by atoms with E-state index in [-0.39, 0.29) is 17.6 Å². The molecule has 0 aliphatic rings. The lowest BCUT2D eigenvalue weighted by molar-refractivity contribution is -0.384. The SMILES string of the molecule is Cc1nc(C(C)NC(=O)/C=C/c2ccc([N+](=O)[O-])cc2)cs1. The van der Waals surface area contributed by atoms with E-state index in [0.717, 1.165) is 16.3 Å². The zero-order valence-corrected chi connectivity index (χ0v) is 13.0. The maximum atomic E-state index is 11.9. The largest absolute Gasteiger partial charge is 0.344 e. The molecule has 0 fully saturated rings. The van der Waals surface area contributed by atoms with Gasteiger partial charge in [0.15, 0.2) is 0 Å². The first kappa shape index (κ1) is 15.8. The van der Waals surface area contributed by atoms with E-state index in [4.69, 9.17) is 0 Å². The minimum Gasteiger partial charge on any atom is -0.344 e. The molecule has 1 heterocycles. The first-order valence-corrected chi connectivity index (χ1v) is 7.48. The molecular formula is C15H15N3O3S. The molecule has 114 valence electrons. The van der Waals surface area contributed by atoms with Crippen LogP contribution in [0.4, 0.5) is 5.69 Å². The number of nitrogens with one attached hydrogen (secondary N) is 1. The van der Waals surface area contributed by atoms with Crippen LogP contribution in [-0.2, 0) is 4.79 Å². The van der Waals surface area contributed by atoms with Crippen LogP contribution in [0, 0.1) is 17.0 Å². The molecule has 0 saturated heterocycles. The van der Waals surface area contributed by atoms with Gasteiger partial charge in [-0.1, -0.05) is 0 Å². The fourth-order valence-electron chi connectivity index (χ4n) is 1.79. The van der Waals surface area contributed by atoms with E-state index in [1.54, 1.807) is 18.2 Å². The molecule has 0 bridgehead atoms. The summed E-state index contributed by atoms with van der Waals surface area (Å²) in [7, 11) is 0. The number of benzene rings is 1. The average Bonchev–Trinajstić information content (AvgIpc) is 2.92. The number of carbonyl (C=O) groups excluding carboxylic acids is 1. The van der Waals surface area contributed by atoms with E-state index in [2.05, 4.69) is 10.3 Å². The molecule has 1 atom stereocenters. The Morgan fingerprint density at radius 3 is 2.64 bits per heavy atom. The van der Waals surface area contributed by atoms with Gasteiger partial charge in [-0.2, -0.15) is 0 Å². The van der Waals surface area contributed by atoms with Crippen LogP contribution in [0.25, 0.3) is 6.08 Å². The van der Waals surface area contributed by atoms with Gasteiger partial charge >= 0.3 is 0 Å². The lowest BCUT2D eigenvalue weighted by Gasteiger charge is -2.09. The van der Waals surface area contributed by atoms with Crippen LogP contribution in [0.3, 0.4) is 0 Å². The molecule has 1 aromatic carbocycles. The Morgan fingerprint density at radius 2 is 2.09 bits per heavy atom. The highest BCUT2D eigenvalue weighted by molar-refractivity contribution is 7.09. The molecule has 1 amide bonds. The molecule has 22 heavy (non-hydrogen) atoms. The van der Waals surface area contributed by atoms with Crippen molar-refractivity contribution in [2.45, 2.75) is 19.9 Å². The number of nitro benzene ring substituents is 1. The van der Waals surface area contributed by atoms with Crippen LogP contribution in [-0.4, -0.2) is 15.8 Å². The van der Waals surface area contributed by atoms with Gasteiger partial charge in [-0.15, -0.1) is 11.3 Å². The molecule has 6 nitrogen and oxygen atoms in total. The standard InChI is InChI=1S/C15H15N3O3S/c1-10(14-9-22-11(2)17-14)16-15(19)8-5-12-3-6-13(7-4-12)18(20)21/h3-10H,1-2H3,(H,16,19)/b8-5+. The summed E-state index contributed by atoms with van der Waals surface area (Å²) in [5.41, 5.74) is 1.58. The predicted molar refractivity (Wildman–Crippen MR) is 85.5 cm³/mol. The fourth-order valence-corrected chi connectivity index (χ4v) is 2.50. The van der Waals surface area contributed by atoms with Gasteiger partial charge in [-0.3, -0.25) is 14.9 Å². The maximum Gasteiger partial charge on any atom is 0.269 e. The highest BCUT2D eigenvalue weighted by atomic mass is 32.1. The van der Waals surface area contributed by atoms with Crippen LogP contribution >= 0.6 is 11.3 Å². The van der Waals surface area contributed by atoms with Gasteiger partial charge in [0.05, 0.1) is 21.7 Å². The normalized spacial score (nSPS) is 12.3. The second-order valence-corrected chi connectivity index (χ2v) is 5.77. The Labute approximate surface area is 131 Å². The molecule has 2 aromatic rings. The molecule has 7 heteroatoms. The molecular weight excluding hydrogens is 302 g/mol. The number of nitro groups is 1. The van der Waals surface area contributed by atoms with Gasteiger partial charge in [0.1, 0.15) is 0 Å². The number of hydrogen-bond acceptors (Lipinski definition) is 5. The first-order chi connectivity index (χ1) is 10.5. The number of non-ortho nitro benzene ring substituents is 1. The summed E-state index contributed by atoms with van der Waals surface area (Å²) in [5.74, 6) is -0.239. The van der Waals surface area contributed by atoms with E-state index >= 15 is 0 Å². The second-order valence-electron chi connectivity index (χ2n) is 4.70. The first-order valence-electron chi connectivity index (χ1n) is 6.61. The monoisotopic (exact) mass is 317 g/mol. The van der Waals surface area contributed by atoms with Crippen LogP contribution in [0.5, 0.6) is 0 Å². The summed E-state index contributed by atoms with van der Waals surface area (Å²) < 4.78 is 0. The molecule has 0 spiro atoms. The van der Waals surface area contributed by atoms with Crippen LogP contribution in [0.2, 0.25) is 0 Å². The Kier molecular flexibility index (Phi) is 5.00. The summed E-state index contributed by atoms with van der Waals surface area (Å²) in [6, 6.07) is 5.82. The highest BCUT2D eigenvalue weighted by Gasteiger charge is 2.10. The third-order valence-corrected chi connectivity index (χ3v) is 3.76. The molecule has 0 radical (unpaired) electrons. The Balaban J connectivity index is 1.94. The Bertz CT molecular complexity index is 707. The zero-order valence-electron chi connectivity index (χ0n) is 12.1. The topological polar surface area (TPSA) is 85.1 Å². The number of aromatic nitrogens is 1. The van der Waals surface area contributed by atoms with E-state index in [0.29, 0.717) is 0 Å². The zero-order chi connectivity index (χ0) is 16.1. The van der Waals surface area contributed by atoms with Crippen molar-refractivity contribution in [3.05, 3.63) is 62.1 Å². The fraction of sp³-hybridized carbons (Fsp3) is 0.200. The van der Waals surface area contributed by atoms with Crippen molar-refractivity contribution in [2.24, 2.45) is 0 Å². The lowest BCUT2D eigenvalue weighted by Crippen LogP contribution is -2.24. The van der Waals surface area contributed by atoms with Gasteiger partial charge in [-0.25, -0.2) is 4.98 Å². The van der Waals surface area contributed by atoms with Gasteiger partial charge in [0, 0.05) is 23.6 Å². The third kappa shape index (κ3) is 4.23. The van der Waals surface area contributed by atoms with Crippen molar-refractivity contribution >= 4 is 29.0 Å². The van der Waals surface area contributed by atoms with Crippen molar-refractivity contribution in [1.29, 1.82) is 0 Å². The lowest BCUT2D eigenvalue weighted by atomic mass is 10.2. The minimum absolute atomic E-state index is 0.0223. The van der Waals surface area contributed by atoms with E-state index in [1.807, 2.05) is 19.2 Å². The number of nitrogens with zero attached hydrogens (tertiary/aromatic N) is 2. The number of aryl methyl sites for hydroxylation is 1. The number of carbonyl (C=O) groups is 1. The molecule has 1 N–H and O–H groups in total. The molecule has 0 aliphatic heterocycles. The third-order valence-electron chi connectivity index (χ3n) is 2.97. The van der Waals surface area contributed by atoms with Crippen LogP contribution < -0.4 is 5.32 Å². The number of rotatable bonds is 5. The summed E-state index contributed by atoms with van der Waals surface area (Å²) in [6.07, 6.45) is 3.01. The Hall–Kier alpha value is -2.54. The average molecular weight is 317 g/mol. The summed E-state index contributed by atoms with van der Waals surface area (Å²) >= 11 is 1.54. The molecule has 0 saturated carbocycles. The van der Waals surface area contributed by atoms with Gasteiger partial charge in [0.2, 0.25) is 5.91 Å². The Morgan fingerprint density at radius 1 is 1.41 bits per heavy atom. The predicted octanol–water partition coefficient (Wildman–Crippen LogP) is 3.25. The van der Waals surface area contributed by atoms with E-state index in [9.17, 15) is 14.9 Å².